The third-order valence-electron chi connectivity index (χ3n) is 4.45. The lowest BCUT2D eigenvalue weighted by Gasteiger charge is -2.34. The van der Waals surface area contributed by atoms with E-state index in [0.717, 1.165) is 10.9 Å². The van der Waals surface area contributed by atoms with Crippen LogP contribution >= 0.6 is 0 Å². The zero-order valence-corrected chi connectivity index (χ0v) is 13.6. The summed E-state index contributed by atoms with van der Waals surface area (Å²) in [4.78, 5) is 28.5. The number of carbonyl (C=O) groups is 2. The average molecular weight is 338 g/mol. The van der Waals surface area contributed by atoms with E-state index in [1.807, 2.05) is 24.3 Å². The van der Waals surface area contributed by atoms with Gasteiger partial charge in [-0.3, -0.25) is 19.4 Å². The van der Waals surface area contributed by atoms with Crippen LogP contribution < -0.4 is 0 Å². The number of aromatic amines is 1. The second-order valence-corrected chi connectivity index (χ2v) is 5.99. The summed E-state index contributed by atoms with van der Waals surface area (Å²) in [6.07, 6.45) is 3.42. The summed E-state index contributed by atoms with van der Waals surface area (Å²) in [7, 11) is 0. The van der Waals surface area contributed by atoms with Crippen LogP contribution in [0.2, 0.25) is 0 Å². The van der Waals surface area contributed by atoms with Gasteiger partial charge >= 0.3 is 0 Å². The number of amides is 2. The number of hydrogen-bond donors (Lipinski definition) is 1. The molecule has 0 bridgehead atoms. The van der Waals surface area contributed by atoms with Gasteiger partial charge in [-0.05, 0) is 12.1 Å². The lowest BCUT2D eigenvalue weighted by Crippen LogP contribution is -2.51. The van der Waals surface area contributed by atoms with Crippen LogP contribution in [-0.4, -0.2) is 67.8 Å². The first-order valence-corrected chi connectivity index (χ1v) is 8.20. The fourth-order valence-electron chi connectivity index (χ4n) is 3.07. The van der Waals surface area contributed by atoms with Crippen molar-refractivity contribution in [2.45, 2.75) is 6.54 Å². The number of benzene rings is 1. The largest absolute Gasteiger partial charge is 0.338 e. The second-order valence-electron chi connectivity index (χ2n) is 5.99. The molecule has 0 saturated carbocycles. The standard InChI is InChI=1S/C17H18N6O2/c24-15(12-23-7-3-6-18-23)21-8-10-22(11-9-21)17(25)16-13-4-1-2-5-14(13)19-20-16/h1-7H,8-12H2,(H,19,20). The van der Waals surface area contributed by atoms with Crippen LogP contribution in [-0.2, 0) is 11.3 Å². The molecule has 25 heavy (non-hydrogen) atoms. The molecule has 1 fully saturated rings. The zero-order valence-electron chi connectivity index (χ0n) is 13.6. The molecule has 3 heterocycles. The molecule has 0 spiro atoms. The number of carbonyl (C=O) groups excluding carboxylic acids is 2. The molecule has 4 rings (SSSR count). The first-order chi connectivity index (χ1) is 12.2. The predicted molar refractivity (Wildman–Crippen MR) is 90.8 cm³/mol. The first kappa shape index (κ1) is 15.4. The molecule has 0 aliphatic carbocycles. The summed E-state index contributed by atoms with van der Waals surface area (Å²) >= 11 is 0. The van der Waals surface area contributed by atoms with E-state index in [1.54, 1.807) is 32.9 Å². The van der Waals surface area contributed by atoms with Gasteiger partial charge in [0.15, 0.2) is 5.69 Å². The molecule has 8 heteroatoms. The summed E-state index contributed by atoms with van der Waals surface area (Å²) in [5.41, 5.74) is 1.28. The number of nitrogens with zero attached hydrogens (tertiary/aromatic N) is 5. The molecule has 0 atom stereocenters. The summed E-state index contributed by atoms with van der Waals surface area (Å²) in [5.74, 6) is -0.0855. The lowest BCUT2D eigenvalue weighted by molar-refractivity contribution is -0.133. The van der Waals surface area contributed by atoms with Crippen molar-refractivity contribution >= 4 is 22.7 Å². The Bertz CT molecular complexity index is 893. The van der Waals surface area contributed by atoms with Crippen LogP contribution in [0.15, 0.2) is 42.7 Å². The van der Waals surface area contributed by atoms with Gasteiger partial charge in [0.2, 0.25) is 5.91 Å². The van der Waals surface area contributed by atoms with Gasteiger partial charge in [0.1, 0.15) is 6.54 Å². The molecule has 8 nitrogen and oxygen atoms in total. The molecule has 2 amide bonds. The molecule has 3 aromatic rings. The fraction of sp³-hybridized carbons (Fsp3) is 0.294. The Kier molecular flexibility index (Phi) is 3.93. The van der Waals surface area contributed by atoms with E-state index >= 15 is 0 Å². The maximum absolute atomic E-state index is 12.7. The van der Waals surface area contributed by atoms with E-state index in [0.29, 0.717) is 31.9 Å². The second kappa shape index (κ2) is 6.39. The first-order valence-electron chi connectivity index (χ1n) is 8.20. The highest BCUT2D eigenvalue weighted by molar-refractivity contribution is 6.04. The molecular weight excluding hydrogens is 320 g/mol. The number of fused-ring (bicyclic) bond motifs is 1. The van der Waals surface area contributed by atoms with Crippen LogP contribution in [0.25, 0.3) is 10.9 Å². The molecule has 1 N–H and O–H groups in total. The van der Waals surface area contributed by atoms with Gasteiger partial charge in [-0.2, -0.15) is 10.2 Å². The van der Waals surface area contributed by atoms with Gasteiger partial charge in [0.25, 0.3) is 5.91 Å². The summed E-state index contributed by atoms with van der Waals surface area (Å²) < 4.78 is 1.61. The maximum atomic E-state index is 12.7. The zero-order chi connectivity index (χ0) is 17.2. The number of piperazine rings is 1. The summed E-state index contributed by atoms with van der Waals surface area (Å²) in [6, 6.07) is 9.36. The van der Waals surface area contributed by atoms with Gasteiger partial charge in [0, 0.05) is 44.0 Å². The van der Waals surface area contributed by atoms with Crippen molar-refractivity contribution in [1.29, 1.82) is 0 Å². The smallest absolute Gasteiger partial charge is 0.275 e. The van der Waals surface area contributed by atoms with Gasteiger partial charge in [-0.25, -0.2) is 0 Å². The summed E-state index contributed by atoms with van der Waals surface area (Å²) in [6.45, 7) is 2.28. The average Bonchev–Trinajstić information content (AvgIpc) is 3.31. The Morgan fingerprint density at radius 3 is 2.56 bits per heavy atom. The molecule has 128 valence electrons. The van der Waals surface area contributed by atoms with E-state index < -0.39 is 0 Å². The van der Waals surface area contributed by atoms with Gasteiger partial charge in [0.05, 0.1) is 5.52 Å². The van der Waals surface area contributed by atoms with Crippen molar-refractivity contribution in [2.24, 2.45) is 0 Å². The normalized spacial score (nSPS) is 14.9. The minimum atomic E-state index is -0.100. The molecule has 1 aromatic carbocycles. The minimum absolute atomic E-state index is 0.0148. The quantitative estimate of drug-likeness (QED) is 0.763. The monoisotopic (exact) mass is 338 g/mol. The van der Waals surface area contributed by atoms with Crippen LogP contribution in [0.4, 0.5) is 0 Å². The highest BCUT2D eigenvalue weighted by Crippen LogP contribution is 2.17. The maximum Gasteiger partial charge on any atom is 0.275 e. The molecule has 1 saturated heterocycles. The highest BCUT2D eigenvalue weighted by atomic mass is 16.2. The Hall–Kier alpha value is -3.16. The van der Waals surface area contributed by atoms with Gasteiger partial charge in [-0.15, -0.1) is 0 Å². The molecule has 1 aliphatic rings. The van der Waals surface area contributed by atoms with E-state index in [4.69, 9.17) is 0 Å². The number of H-pyrrole nitrogens is 1. The van der Waals surface area contributed by atoms with Crippen LogP contribution in [0.3, 0.4) is 0 Å². The number of rotatable bonds is 3. The molecular formula is C17H18N6O2. The SMILES string of the molecule is O=C(Cn1cccn1)N1CCN(C(=O)c2n[nH]c3ccccc23)CC1. The molecule has 0 radical (unpaired) electrons. The Balaban J connectivity index is 1.40. The Morgan fingerprint density at radius 2 is 1.80 bits per heavy atom. The molecule has 2 aromatic heterocycles. The van der Waals surface area contributed by atoms with Crippen LogP contribution in [0.1, 0.15) is 10.5 Å². The van der Waals surface area contributed by atoms with Crippen LogP contribution in [0, 0.1) is 0 Å². The van der Waals surface area contributed by atoms with Crippen molar-refractivity contribution in [2.75, 3.05) is 26.2 Å². The van der Waals surface area contributed by atoms with Crippen molar-refractivity contribution in [3.63, 3.8) is 0 Å². The predicted octanol–water partition coefficient (Wildman–Crippen LogP) is 0.744. The highest BCUT2D eigenvalue weighted by Gasteiger charge is 2.27. The van der Waals surface area contributed by atoms with Crippen molar-refractivity contribution in [3.05, 3.63) is 48.4 Å². The Labute approximate surface area is 144 Å². The van der Waals surface area contributed by atoms with Crippen LogP contribution in [0.5, 0.6) is 0 Å². The van der Waals surface area contributed by atoms with E-state index in [-0.39, 0.29) is 18.4 Å². The van der Waals surface area contributed by atoms with Gasteiger partial charge < -0.3 is 9.80 Å². The lowest BCUT2D eigenvalue weighted by atomic mass is 10.2. The summed E-state index contributed by atoms with van der Waals surface area (Å²) in [5, 5.41) is 11.9. The molecule has 1 aliphatic heterocycles. The number of nitrogens with one attached hydrogen (secondary N) is 1. The number of aromatic nitrogens is 4. The topological polar surface area (TPSA) is 87.1 Å². The van der Waals surface area contributed by atoms with Crippen molar-refractivity contribution in [1.82, 2.24) is 29.8 Å². The van der Waals surface area contributed by atoms with E-state index in [9.17, 15) is 9.59 Å². The fourth-order valence-corrected chi connectivity index (χ4v) is 3.07. The van der Waals surface area contributed by atoms with Crippen molar-refractivity contribution in [3.8, 4) is 0 Å². The van der Waals surface area contributed by atoms with Gasteiger partial charge in [-0.1, -0.05) is 18.2 Å². The molecule has 0 unspecified atom stereocenters. The number of para-hydroxylation sites is 1. The van der Waals surface area contributed by atoms with E-state index in [1.165, 1.54) is 0 Å². The van der Waals surface area contributed by atoms with Crippen molar-refractivity contribution < 1.29 is 9.59 Å². The minimum Gasteiger partial charge on any atom is -0.338 e. The van der Waals surface area contributed by atoms with E-state index in [2.05, 4.69) is 15.3 Å². The third-order valence-corrected chi connectivity index (χ3v) is 4.45. The number of hydrogen-bond acceptors (Lipinski definition) is 4. The third kappa shape index (κ3) is 2.98. The Morgan fingerprint density at radius 1 is 1.04 bits per heavy atom.